The van der Waals surface area contributed by atoms with E-state index in [1.165, 1.54) is 17.7 Å². The summed E-state index contributed by atoms with van der Waals surface area (Å²) in [7, 11) is 0. The molecular formula is C24H29FN2O2. The van der Waals surface area contributed by atoms with E-state index in [-0.39, 0.29) is 17.4 Å². The van der Waals surface area contributed by atoms with Crippen LogP contribution in [0.5, 0.6) is 0 Å². The summed E-state index contributed by atoms with van der Waals surface area (Å²) in [6.07, 6.45) is 4.99. The van der Waals surface area contributed by atoms with Crippen molar-refractivity contribution in [1.82, 2.24) is 10.2 Å². The molecule has 3 rings (SSSR count). The molecule has 2 amide bonds. The average Bonchev–Trinajstić information content (AvgIpc) is 2.76. The number of hydrogen-bond acceptors (Lipinski definition) is 2. The van der Waals surface area contributed by atoms with Crippen molar-refractivity contribution in [2.24, 2.45) is 5.92 Å². The molecule has 1 aliphatic heterocycles. The first-order valence-electron chi connectivity index (χ1n) is 10.5. The van der Waals surface area contributed by atoms with Gasteiger partial charge >= 0.3 is 0 Å². The lowest BCUT2D eigenvalue weighted by molar-refractivity contribution is -0.121. The highest BCUT2D eigenvalue weighted by atomic mass is 19.1. The first-order valence-corrected chi connectivity index (χ1v) is 10.5. The number of halogens is 1. The normalized spacial score (nSPS) is 14.6. The van der Waals surface area contributed by atoms with Gasteiger partial charge in [0.05, 0.1) is 5.56 Å². The largest absolute Gasteiger partial charge is 0.356 e. The van der Waals surface area contributed by atoms with Crippen LogP contribution in [0, 0.1) is 11.7 Å². The van der Waals surface area contributed by atoms with E-state index >= 15 is 0 Å². The number of carbonyl (C=O) groups excluding carboxylic acids is 2. The number of likely N-dealkylation sites (tertiary alicyclic amines) is 1. The molecule has 0 aromatic heterocycles. The summed E-state index contributed by atoms with van der Waals surface area (Å²) in [5.74, 6) is -0.168. The van der Waals surface area contributed by atoms with Gasteiger partial charge in [0.25, 0.3) is 5.91 Å². The van der Waals surface area contributed by atoms with Crippen LogP contribution in [0.25, 0.3) is 0 Å². The molecular weight excluding hydrogens is 367 g/mol. The molecule has 0 aliphatic carbocycles. The van der Waals surface area contributed by atoms with Gasteiger partial charge in [0.1, 0.15) is 5.82 Å². The first-order chi connectivity index (χ1) is 14.1. The molecule has 1 fully saturated rings. The lowest BCUT2D eigenvalue weighted by Crippen LogP contribution is -2.39. The molecule has 2 aromatic rings. The van der Waals surface area contributed by atoms with Crippen LogP contribution >= 0.6 is 0 Å². The van der Waals surface area contributed by atoms with Crippen LogP contribution in [-0.4, -0.2) is 36.3 Å². The van der Waals surface area contributed by atoms with Crippen LogP contribution < -0.4 is 5.32 Å². The van der Waals surface area contributed by atoms with E-state index in [4.69, 9.17) is 0 Å². The fraction of sp³-hybridized carbons (Fsp3) is 0.417. The molecule has 1 heterocycles. The highest BCUT2D eigenvalue weighted by molar-refractivity contribution is 5.94. The van der Waals surface area contributed by atoms with E-state index in [2.05, 4.69) is 17.4 Å². The highest BCUT2D eigenvalue weighted by Gasteiger charge is 2.25. The molecule has 1 aliphatic rings. The predicted octanol–water partition coefficient (Wildman–Crippen LogP) is 4.21. The Balaban J connectivity index is 1.31. The lowest BCUT2D eigenvalue weighted by Gasteiger charge is -2.32. The summed E-state index contributed by atoms with van der Waals surface area (Å²) in [6.45, 7) is 1.94. The van der Waals surface area contributed by atoms with Crippen molar-refractivity contribution in [1.29, 1.82) is 0 Å². The summed E-state index contributed by atoms with van der Waals surface area (Å²) in [4.78, 5) is 26.3. The van der Waals surface area contributed by atoms with Crippen molar-refractivity contribution in [3.63, 3.8) is 0 Å². The summed E-state index contributed by atoms with van der Waals surface area (Å²) < 4.78 is 13.8. The molecule has 2 aromatic carbocycles. The van der Waals surface area contributed by atoms with Crippen LogP contribution in [0.3, 0.4) is 0 Å². The Morgan fingerprint density at radius 1 is 1.00 bits per heavy atom. The van der Waals surface area contributed by atoms with E-state index in [9.17, 15) is 14.0 Å². The lowest BCUT2D eigenvalue weighted by atomic mass is 9.91. The Hall–Kier alpha value is -2.69. The topological polar surface area (TPSA) is 49.4 Å². The van der Waals surface area contributed by atoms with E-state index in [0.717, 1.165) is 32.1 Å². The van der Waals surface area contributed by atoms with E-state index in [1.807, 2.05) is 18.2 Å². The Bertz CT molecular complexity index is 802. The number of nitrogens with zero attached hydrogens (tertiary/aromatic N) is 1. The summed E-state index contributed by atoms with van der Waals surface area (Å²) in [5, 5.41) is 3.00. The maximum atomic E-state index is 13.8. The zero-order chi connectivity index (χ0) is 20.5. The van der Waals surface area contributed by atoms with Crippen molar-refractivity contribution in [3.8, 4) is 0 Å². The maximum Gasteiger partial charge on any atom is 0.256 e. The van der Waals surface area contributed by atoms with Gasteiger partial charge in [-0.2, -0.15) is 0 Å². The molecule has 0 saturated carbocycles. The van der Waals surface area contributed by atoms with Crippen LogP contribution in [0.1, 0.15) is 48.0 Å². The van der Waals surface area contributed by atoms with Gasteiger partial charge in [0.15, 0.2) is 0 Å². The number of carbonyl (C=O) groups is 2. The number of piperidine rings is 1. The molecule has 154 valence electrons. The van der Waals surface area contributed by atoms with E-state index in [1.54, 1.807) is 17.0 Å². The minimum atomic E-state index is -0.469. The molecule has 0 unspecified atom stereocenters. The number of amides is 2. The molecule has 1 N–H and O–H groups in total. The third-order valence-electron chi connectivity index (χ3n) is 5.59. The SMILES string of the molecule is O=C(CCC1CCN(C(=O)c2ccccc2F)CC1)NCCCc1ccccc1. The van der Waals surface area contributed by atoms with Crippen LogP contribution in [0.15, 0.2) is 54.6 Å². The molecule has 1 saturated heterocycles. The van der Waals surface area contributed by atoms with Gasteiger partial charge < -0.3 is 10.2 Å². The van der Waals surface area contributed by atoms with Gasteiger partial charge in [-0.15, -0.1) is 0 Å². The predicted molar refractivity (Wildman–Crippen MR) is 112 cm³/mol. The zero-order valence-electron chi connectivity index (χ0n) is 16.8. The second-order valence-electron chi connectivity index (χ2n) is 7.69. The van der Waals surface area contributed by atoms with E-state index < -0.39 is 5.82 Å². The Labute approximate surface area is 172 Å². The highest BCUT2D eigenvalue weighted by Crippen LogP contribution is 2.23. The van der Waals surface area contributed by atoms with Crippen molar-refractivity contribution in [2.75, 3.05) is 19.6 Å². The molecule has 0 radical (unpaired) electrons. The van der Waals surface area contributed by atoms with Crippen LogP contribution in [-0.2, 0) is 11.2 Å². The molecule has 29 heavy (non-hydrogen) atoms. The molecule has 0 spiro atoms. The Morgan fingerprint density at radius 2 is 1.69 bits per heavy atom. The molecule has 0 bridgehead atoms. The third-order valence-corrected chi connectivity index (χ3v) is 5.59. The van der Waals surface area contributed by atoms with Crippen LogP contribution in [0.2, 0.25) is 0 Å². The second-order valence-corrected chi connectivity index (χ2v) is 7.69. The molecule has 5 heteroatoms. The van der Waals surface area contributed by atoms with Crippen molar-refractivity contribution < 1.29 is 14.0 Å². The number of hydrogen-bond donors (Lipinski definition) is 1. The van der Waals surface area contributed by atoms with Gasteiger partial charge in [-0.25, -0.2) is 4.39 Å². The maximum absolute atomic E-state index is 13.8. The third kappa shape index (κ3) is 6.41. The van der Waals surface area contributed by atoms with Gasteiger partial charge in [0.2, 0.25) is 5.91 Å². The number of benzene rings is 2. The van der Waals surface area contributed by atoms with Crippen molar-refractivity contribution >= 4 is 11.8 Å². The van der Waals surface area contributed by atoms with Crippen molar-refractivity contribution in [2.45, 2.75) is 38.5 Å². The number of nitrogens with one attached hydrogen (secondary N) is 1. The summed E-state index contributed by atoms with van der Waals surface area (Å²) >= 11 is 0. The Kier molecular flexibility index (Phi) is 7.79. The molecule has 4 nitrogen and oxygen atoms in total. The monoisotopic (exact) mass is 396 g/mol. The minimum Gasteiger partial charge on any atom is -0.356 e. The van der Waals surface area contributed by atoms with Crippen LogP contribution in [0.4, 0.5) is 4.39 Å². The second kappa shape index (κ2) is 10.7. The zero-order valence-corrected chi connectivity index (χ0v) is 16.8. The van der Waals surface area contributed by atoms with E-state index in [0.29, 0.717) is 32.0 Å². The van der Waals surface area contributed by atoms with Gasteiger partial charge in [-0.3, -0.25) is 9.59 Å². The van der Waals surface area contributed by atoms with Gasteiger partial charge in [0, 0.05) is 26.1 Å². The summed E-state index contributed by atoms with van der Waals surface area (Å²) in [6, 6.07) is 16.4. The number of rotatable bonds is 8. The average molecular weight is 397 g/mol. The first kappa shape index (κ1) is 21.0. The quantitative estimate of drug-likeness (QED) is 0.680. The fourth-order valence-corrected chi connectivity index (χ4v) is 3.82. The Morgan fingerprint density at radius 3 is 2.41 bits per heavy atom. The smallest absolute Gasteiger partial charge is 0.256 e. The van der Waals surface area contributed by atoms with Gasteiger partial charge in [-0.05, 0) is 55.7 Å². The standard InChI is InChI=1S/C24H29FN2O2/c25-22-11-5-4-10-21(22)24(29)27-17-14-20(15-18-27)12-13-23(28)26-16-6-9-19-7-2-1-3-8-19/h1-5,7-8,10-11,20H,6,9,12-18H2,(H,26,28). The number of aryl methyl sites for hydroxylation is 1. The minimum absolute atomic E-state index is 0.0999. The molecule has 0 atom stereocenters. The fourth-order valence-electron chi connectivity index (χ4n) is 3.82. The van der Waals surface area contributed by atoms with Gasteiger partial charge in [-0.1, -0.05) is 42.5 Å². The summed E-state index contributed by atoms with van der Waals surface area (Å²) in [5.41, 5.74) is 1.43. The van der Waals surface area contributed by atoms with Crippen molar-refractivity contribution in [3.05, 3.63) is 71.5 Å².